The number of nitrogens with zero attached hydrogens (tertiary/aromatic N) is 5. The lowest BCUT2D eigenvalue weighted by atomic mass is 10.1. The highest BCUT2D eigenvalue weighted by Crippen LogP contribution is 2.18. The summed E-state index contributed by atoms with van der Waals surface area (Å²) in [6.45, 7) is 7.06. The molecule has 2 rings (SSSR count). The lowest BCUT2D eigenvalue weighted by molar-refractivity contribution is 0.302. The highest BCUT2D eigenvalue weighted by Gasteiger charge is 2.17. The summed E-state index contributed by atoms with van der Waals surface area (Å²) in [6.07, 6.45) is 0. The molecule has 0 aliphatic heterocycles. The summed E-state index contributed by atoms with van der Waals surface area (Å²) in [5, 5.41) is 27.0. The van der Waals surface area contributed by atoms with Crippen LogP contribution >= 0.6 is 0 Å². The third-order valence-electron chi connectivity index (χ3n) is 3.19. The van der Waals surface area contributed by atoms with Crippen LogP contribution < -0.4 is 4.90 Å². The zero-order valence-corrected chi connectivity index (χ0v) is 12.5. The summed E-state index contributed by atoms with van der Waals surface area (Å²) in [4.78, 5) is 3.32. The first kappa shape index (κ1) is 15.0. The molecule has 0 saturated carbocycles. The molecule has 0 bridgehead atoms. The van der Waals surface area contributed by atoms with Crippen LogP contribution in [0.15, 0.2) is 18.2 Å². The Morgan fingerprint density at radius 1 is 1.24 bits per heavy atom. The fraction of sp³-hybridized carbons (Fsp3) is 0.400. The molecule has 0 unspecified atom stereocenters. The van der Waals surface area contributed by atoms with Crippen molar-refractivity contribution < 1.29 is 5.11 Å². The molecule has 0 atom stereocenters. The van der Waals surface area contributed by atoms with Crippen LogP contribution in [0.3, 0.4) is 0 Å². The fourth-order valence-corrected chi connectivity index (χ4v) is 2.30. The van der Waals surface area contributed by atoms with E-state index >= 15 is 0 Å². The van der Waals surface area contributed by atoms with E-state index in [0.29, 0.717) is 18.9 Å². The first-order chi connectivity index (χ1) is 10.1. The van der Waals surface area contributed by atoms with Crippen molar-refractivity contribution in [2.45, 2.75) is 20.8 Å². The van der Waals surface area contributed by atoms with Crippen LogP contribution in [-0.4, -0.2) is 39.8 Å². The number of hydrogen-bond acceptors (Lipinski definition) is 5. The molecule has 0 aliphatic carbocycles. The minimum Gasteiger partial charge on any atom is -0.395 e. The second kappa shape index (κ2) is 6.37. The molecule has 0 spiro atoms. The second-order valence-corrected chi connectivity index (χ2v) is 4.92. The predicted octanol–water partition coefficient (Wildman–Crippen LogP) is 1.57. The van der Waals surface area contributed by atoms with Gasteiger partial charge in [-0.1, -0.05) is 6.07 Å². The summed E-state index contributed by atoms with van der Waals surface area (Å²) in [6, 6.07) is 8.09. The van der Waals surface area contributed by atoms with Crippen LogP contribution in [0.25, 0.3) is 5.69 Å². The predicted molar refractivity (Wildman–Crippen MR) is 80.5 cm³/mol. The molecule has 0 radical (unpaired) electrons. The van der Waals surface area contributed by atoms with Crippen LogP contribution in [0.5, 0.6) is 0 Å². The van der Waals surface area contributed by atoms with Gasteiger partial charge in [0.15, 0.2) is 5.82 Å². The van der Waals surface area contributed by atoms with Crippen molar-refractivity contribution >= 4 is 5.82 Å². The van der Waals surface area contributed by atoms with Gasteiger partial charge < -0.3 is 10.0 Å². The quantitative estimate of drug-likeness (QED) is 0.902. The van der Waals surface area contributed by atoms with E-state index in [1.807, 2.05) is 37.8 Å². The van der Waals surface area contributed by atoms with Crippen LogP contribution in [0.2, 0.25) is 0 Å². The number of aromatic nitrogens is 3. The maximum atomic E-state index is 9.25. The van der Waals surface area contributed by atoms with Gasteiger partial charge in [-0.3, -0.25) is 0 Å². The maximum Gasteiger partial charge on any atom is 0.207 e. The normalized spacial score (nSPS) is 10.4. The Morgan fingerprint density at radius 3 is 2.43 bits per heavy atom. The first-order valence-electron chi connectivity index (χ1n) is 6.91. The molecule has 1 aromatic heterocycles. The Labute approximate surface area is 124 Å². The number of likely N-dealkylation sites (N-methyl/N-ethyl adjacent to an activating group) is 1. The SMILES string of the molecule is CCN(CCO)c1nn(-c2cc(C)cc(C)c2)nc1C#N. The van der Waals surface area contributed by atoms with E-state index in [-0.39, 0.29) is 12.3 Å². The van der Waals surface area contributed by atoms with Gasteiger partial charge in [0.05, 0.1) is 12.3 Å². The molecule has 0 amide bonds. The van der Waals surface area contributed by atoms with E-state index in [9.17, 15) is 5.26 Å². The van der Waals surface area contributed by atoms with Crippen molar-refractivity contribution in [3.63, 3.8) is 0 Å². The molecule has 6 nitrogen and oxygen atoms in total. The van der Waals surface area contributed by atoms with E-state index in [1.165, 1.54) is 4.80 Å². The van der Waals surface area contributed by atoms with E-state index in [4.69, 9.17) is 5.11 Å². The molecule has 2 aromatic rings. The maximum absolute atomic E-state index is 9.25. The van der Waals surface area contributed by atoms with Crippen molar-refractivity contribution in [2.24, 2.45) is 0 Å². The van der Waals surface area contributed by atoms with Gasteiger partial charge in [0.25, 0.3) is 0 Å². The molecule has 1 N–H and O–H groups in total. The van der Waals surface area contributed by atoms with Crippen molar-refractivity contribution in [1.29, 1.82) is 5.26 Å². The molecular formula is C15H19N5O. The van der Waals surface area contributed by atoms with Gasteiger partial charge in [-0.15, -0.1) is 15.0 Å². The average Bonchev–Trinajstić information content (AvgIpc) is 2.87. The number of anilines is 1. The third kappa shape index (κ3) is 3.20. The zero-order valence-electron chi connectivity index (χ0n) is 12.5. The smallest absolute Gasteiger partial charge is 0.207 e. The van der Waals surface area contributed by atoms with Gasteiger partial charge in [-0.25, -0.2) is 0 Å². The van der Waals surface area contributed by atoms with Gasteiger partial charge in [-0.05, 0) is 44.0 Å². The molecule has 0 fully saturated rings. The van der Waals surface area contributed by atoms with E-state index in [2.05, 4.69) is 22.3 Å². The largest absolute Gasteiger partial charge is 0.395 e. The molecule has 110 valence electrons. The Hall–Kier alpha value is -2.39. The molecular weight excluding hydrogens is 266 g/mol. The molecule has 21 heavy (non-hydrogen) atoms. The highest BCUT2D eigenvalue weighted by molar-refractivity contribution is 5.50. The summed E-state index contributed by atoms with van der Waals surface area (Å²) in [5.74, 6) is 0.508. The number of aryl methyl sites for hydroxylation is 2. The monoisotopic (exact) mass is 285 g/mol. The van der Waals surface area contributed by atoms with Crippen molar-refractivity contribution in [3.8, 4) is 11.8 Å². The van der Waals surface area contributed by atoms with Crippen LogP contribution in [0.4, 0.5) is 5.82 Å². The van der Waals surface area contributed by atoms with Gasteiger partial charge in [-0.2, -0.15) is 5.26 Å². The number of aliphatic hydroxyl groups excluding tert-OH is 1. The highest BCUT2D eigenvalue weighted by atomic mass is 16.3. The van der Waals surface area contributed by atoms with Crippen molar-refractivity contribution in [3.05, 3.63) is 35.0 Å². The minimum absolute atomic E-state index is 0.00905. The van der Waals surface area contributed by atoms with Gasteiger partial charge in [0.2, 0.25) is 5.69 Å². The molecule has 0 saturated heterocycles. The summed E-state index contributed by atoms with van der Waals surface area (Å²) in [7, 11) is 0. The summed E-state index contributed by atoms with van der Waals surface area (Å²) in [5.41, 5.74) is 3.33. The van der Waals surface area contributed by atoms with Gasteiger partial charge >= 0.3 is 0 Å². The average molecular weight is 285 g/mol. The lowest BCUT2D eigenvalue weighted by Crippen LogP contribution is -2.27. The van der Waals surface area contributed by atoms with Crippen LogP contribution in [0.1, 0.15) is 23.7 Å². The zero-order chi connectivity index (χ0) is 15.4. The van der Waals surface area contributed by atoms with E-state index in [1.54, 1.807) is 0 Å². The molecule has 1 heterocycles. The Bertz CT molecular complexity index is 651. The van der Waals surface area contributed by atoms with Crippen molar-refractivity contribution in [1.82, 2.24) is 15.0 Å². The Morgan fingerprint density at radius 2 is 1.90 bits per heavy atom. The topological polar surface area (TPSA) is 78.0 Å². The van der Waals surface area contributed by atoms with Gasteiger partial charge in [0, 0.05) is 13.1 Å². The number of hydrogen-bond donors (Lipinski definition) is 1. The van der Waals surface area contributed by atoms with E-state index < -0.39 is 0 Å². The number of rotatable bonds is 5. The molecule has 6 heteroatoms. The Balaban J connectivity index is 2.47. The van der Waals surface area contributed by atoms with Crippen molar-refractivity contribution in [2.75, 3.05) is 24.6 Å². The summed E-state index contributed by atoms with van der Waals surface area (Å²) >= 11 is 0. The van der Waals surface area contributed by atoms with Crippen LogP contribution in [0, 0.1) is 25.2 Å². The molecule has 1 aromatic carbocycles. The Kier molecular flexibility index (Phi) is 4.55. The van der Waals surface area contributed by atoms with E-state index in [0.717, 1.165) is 16.8 Å². The number of benzene rings is 1. The third-order valence-corrected chi connectivity index (χ3v) is 3.19. The lowest BCUT2D eigenvalue weighted by Gasteiger charge is -2.18. The number of aliphatic hydroxyl groups is 1. The van der Waals surface area contributed by atoms with Crippen LogP contribution in [-0.2, 0) is 0 Å². The summed E-state index contributed by atoms with van der Waals surface area (Å²) < 4.78 is 0. The standard InChI is InChI=1S/C15H19N5O/c1-4-19(5-6-21)15-14(10-16)17-20(18-15)13-8-11(2)7-12(3)9-13/h7-9,21H,4-6H2,1-3H3. The molecule has 0 aliphatic rings. The minimum atomic E-state index is 0.00905. The first-order valence-corrected chi connectivity index (χ1v) is 6.91. The fourth-order valence-electron chi connectivity index (χ4n) is 2.30. The van der Waals surface area contributed by atoms with Gasteiger partial charge in [0.1, 0.15) is 6.07 Å². The second-order valence-electron chi connectivity index (χ2n) is 4.92. The number of nitriles is 1.